The quantitative estimate of drug-likeness (QED) is 0.457. The highest BCUT2D eigenvalue weighted by molar-refractivity contribution is 5.99. The van der Waals surface area contributed by atoms with Gasteiger partial charge in [-0.3, -0.25) is 14.4 Å². The molecule has 0 radical (unpaired) electrons. The topological polar surface area (TPSA) is 127 Å². The summed E-state index contributed by atoms with van der Waals surface area (Å²) in [5.41, 5.74) is -0.977. The number of likely N-dealkylation sites (tertiary alicyclic amines) is 1. The summed E-state index contributed by atoms with van der Waals surface area (Å²) in [5, 5.41) is 18.0. The van der Waals surface area contributed by atoms with Crippen LogP contribution in [0.5, 0.6) is 0 Å². The predicted octanol–water partition coefficient (Wildman–Crippen LogP) is 1.03. The molecule has 11 nitrogen and oxygen atoms in total. The summed E-state index contributed by atoms with van der Waals surface area (Å²) in [5.74, 6) is -2.98. The van der Waals surface area contributed by atoms with Crippen molar-refractivity contribution in [2.45, 2.75) is 50.1 Å². The van der Waals surface area contributed by atoms with Gasteiger partial charge in [0.05, 0.1) is 23.6 Å². The van der Waals surface area contributed by atoms with Crippen molar-refractivity contribution >= 4 is 28.8 Å². The molecule has 1 spiro atoms. The van der Waals surface area contributed by atoms with Crippen LogP contribution in [-0.2, 0) is 30.5 Å². The molecule has 200 valence electrons. The van der Waals surface area contributed by atoms with Crippen LogP contribution in [0.15, 0.2) is 48.6 Å². The summed E-state index contributed by atoms with van der Waals surface area (Å²) in [6.45, 7) is 2.47. The van der Waals surface area contributed by atoms with E-state index in [2.05, 4.69) is 10.3 Å². The second-order valence-corrected chi connectivity index (χ2v) is 10.5. The Kier molecular flexibility index (Phi) is 6.07. The summed E-state index contributed by atoms with van der Waals surface area (Å²) in [6.07, 6.45) is 9.12. The maximum Gasteiger partial charge on any atom is 0.313 e. The first-order chi connectivity index (χ1) is 18.4. The molecule has 11 heteroatoms. The van der Waals surface area contributed by atoms with Crippen molar-refractivity contribution in [2.24, 2.45) is 11.8 Å². The van der Waals surface area contributed by atoms with Crippen LogP contribution in [0.1, 0.15) is 26.2 Å². The second-order valence-electron chi connectivity index (χ2n) is 10.5. The molecule has 1 N–H and O–H groups in total. The Bertz CT molecular complexity index is 1340. The number of hydrogen-bond acceptors (Lipinski definition) is 8. The van der Waals surface area contributed by atoms with E-state index in [-0.39, 0.29) is 44.8 Å². The van der Waals surface area contributed by atoms with E-state index in [1.54, 1.807) is 22.6 Å². The average molecular weight is 522 g/mol. The second kappa shape index (κ2) is 9.32. The number of aliphatic hydroxyl groups is 1. The van der Waals surface area contributed by atoms with Gasteiger partial charge in [-0.05, 0) is 38.3 Å². The Balaban J connectivity index is 1.42. The highest BCUT2D eigenvalue weighted by atomic mass is 16.6. The van der Waals surface area contributed by atoms with Crippen molar-refractivity contribution in [1.29, 1.82) is 0 Å². The molecule has 2 saturated heterocycles. The van der Waals surface area contributed by atoms with Crippen LogP contribution in [0, 0.1) is 11.8 Å². The van der Waals surface area contributed by atoms with Crippen molar-refractivity contribution in [3.05, 3.63) is 48.6 Å². The lowest BCUT2D eigenvalue weighted by Gasteiger charge is -2.37. The standard InChI is InChI=1S/C27H31N5O6/c1-26-11-5-2-6-16-37-25(36)21(26)20-23(34)31(14-8-15-33)22-24(35)30(13-7-12-27(20,22)38-26)17-32-19-10-4-3-9-18(19)28-29-32/h3-5,7,9-12,20-22,33H,2,6,8,13-17H2,1H3/b11-5-/t20-,21-,22?,26+,27-/m0/s1. The van der Waals surface area contributed by atoms with Gasteiger partial charge >= 0.3 is 5.97 Å². The third kappa shape index (κ3) is 3.67. The van der Waals surface area contributed by atoms with Crippen molar-refractivity contribution < 1.29 is 29.0 Å². The number of rotatable bonds is 5. The van der Waals surface area contributed by atoms with Crippen LogP contribution < -0.4 is 0 Å². The maximum atomic E-state index is 14.3. The Labute approximate surface area is 219 Å². The van der Waals surface area contributed by atoms with E-state index in [0.29, 0.717) is 24.8 Å². The zero-order valence-corrected chi connectivity index (χ0v) is 21.2. The average Bonchev–Trinajstić information content (AvgIpc) is 3.47. The van der Waals surface area contributed by atoms with Crippen LogP contribution in [0.3, 0.4) is 0 Å². The number of ether oxygens (including phenoxy) is 2. The molecule has 1 aromatic heterocycles. The summed E-state index contributed by atoms with van der Waals surface area (Å²) >= 11 is 0. The normalized spacial score (nSPS) is 33.7. The van der Waals surface area contributed by atoms with Gasteiger partial charge in [0.15, 0.2) is 0 Å². The van der Waals surface area contributed by atoms with Crippen LogP contribution in [0.2, 0.25) is 0 Å². The number of hydrogen-bond donors (Lipinski definition) is 1. The van der Waals surface area contributed by atoms with E-state index in [4.69, 9.17) is 9.47 Å². The Morgan fingerprint density at radius 1 is 1.11 bits per heavy atom. The van der Waals surface area contributed by atoms with Gasteiger partial charge in [0, 0.05) is 19.7 Å². The van der Waals surface area contributed by atoms with Gasteiger partial charge in [-0.15, -0.1) is 5.10 Å². The Morgan fingerprint density at radius 2 is 1.95 bits per heavy atom. The number of esters is 1. The first-order valence-electron chi connectivity index (χ1n) is 13.1. The fourth-order valence-electron chi connectivity index (χ4n) is 6.47. The summed E-state index contributed by atoms with van der Waals surface area (Å²) in [4.78, 5) is 44.8. The van der Waals surface area contributed by atoms with Gasteiger partial charge in [-0.25, -0.2) is 4.68 Å². The van der Waals surface area contributed by atoms with Crippen molar-refractivity contribution in [1.82, 2.24) is 24.8 Å². The Morgan fingerprint density at radius 3 is 2.79 bits per heavy atom. The minimum atomic E-state index is -1.36. The number of allylic oxidation sites excluding steroid dienone is 1. The molecule has 6 rings (SSSR count). The molecular formula is C27H31N5O6. The van der Waals surface area contributed by atoms with E-state index in [1.807, 2.05) is 42.5 Å². The summed E-state index contributed by atoms with van der Waals surface area (Å²) < 4.78 is 14.0. The highest BCUT2D eigenvalue weighted by Crippen LogP contribution is 2.57. The summed E-state index contributed by atoms with van der Waals surface area (Å²) in [7, 11) is 0. The highest BCUT2D eigenvalue weighted by Gasteiger charge is 2.74. The molecule has 1 unspecified atom stereocenters. The van der Waals surface area contributed by atoms with E-state index >= 15 is 0 Å². The third-order valence-electron chi connectivity index (χ3n) is 8.12. The first kappa shape index (κ1) is 24.7. The molecule has 4 aliphatic rings. The lowest BCUT2D eigenvalue weighted by molar-refractivity contribution is -0.160. The number of nitrogens with zero attached hydrogens (tertiary/aromatic N) is 5. The van der Waals surface area contributed by atoms with Gasteiger partial charge in [-0.1, -0.05) is 41.7 Å². The minimum absolute atomic E-state index is 0.131. The molecule has 5 heterocycles. The van der Waals surface area contributed by atoms with Gasteiger partial charge in [0.25, 0.3) is 5.91 Å². The zero-order valence-electron chi connectivity index (χ0n) is 21.2. The van der Waals surface area contributed by atoms with E-state index in [1.165, 1.54) is 4.90 Å². The number of aromatic nitrogens is 3. The van der Waals surface area contributed by atoms with Gasteiger partial charge in [-0.2, -0.15) is 0 Å². The number of fused-ring (bicyclic) bond motifs is 3. The number of benzene rings is 1. The molecule has 0 bridgehead atoms. The SMILES string of the molecule is C[C@@]12/C=C\CCCOC(=O)[C@@H]1[C@H]1C(=O)N(CCCO)C3C(=O)N(Cn4nnc5ccccc54)CC=C[C@@]31O2. The fraction of sp³-hybridized carbons (Fsp3) is 0.519. The minimum Gasteiger partial charge on any atom is -0.465 e. The van der Waals surface area contributed by atoms with Crippen LogP contribution in [0.4, 0.5) is 0 Å². The predicted molar refractivity (Wildman–Crippen MR) is 134 cm³/mol. The van der Waals surface area contributed by atoms with Crippen LogP contribution in [-0.4, -0.2) is 91.2 Å². The monoisotopic (exact) mass is 521 g/mol. The smallest absolute Gasteiger partial charge is 0.313 e. The van der Waals surface area contributed by atoms with Gasteiger partial charge < -0.3 is 24.4 Å². The fourth-order valence-corrected chi connectivity index (χ4v) is 6.47. The number of carbonyl (C=O) groups excluding carboxylic acids is 3. The van der Waals surface area contributed by atoms with E-state index in [0.717, 1.165) is 5.52 Å². The number of para-hydroxylation sites is 1. The molecule has 0 saturated carbocycles. The molecule has 2 amide bonds. The number of aliphatic hydroxyl groups excluding tert-OH is 1. The number of cyclic esters (lactones) is 1. The zero-order chi connectivity index (χ0) is 26.5. The van der Waals surface area contributed by atoms with Gasteiger partial charge in [0.1, 0.15) is 29.7 Å². The molecule has 0 aliphatic carbocycles. The van der Waals surface area contributed by atoms with Crippen molar-refractivity contribution in [3.63, 3.8) is 0 Å². The molecule has 38 heavy (non-hydrogen) atoms. The lowest BCUT2D eigenvalue weighted by atomic mass is 9.74. The molecule has 4 aliphatic heterocycles. The number of amides is 2. The van der Waals surface area contributed by atoms with Crippen LogP contribution in [0.25, 0.3) is 11.0 Å². The van der Waals surface area contributed by atoms with E-state index in [9.17, 15) is 19.5 Å². The molecule has 5 atom stereocenters. The maximum absolute atomic E-state index is 14.3. The first-order valence-corrected chi connectivity index (χ1v) is 13.1. The van der Waals surface area contributed by atoms with Gasteiger partial charge in [0.2, 0.25) is 5.91 Å². The lowest BCUT2D eigenvalue weighted by Crippen LogP contribution is -2.56. The largest absolute Gasteiger partial charge is 0.465 e. The molecular weight excluding hydrogens is 490 g/mol. The Hall–Kier alpha value is -3.57. The summed E-state index contributed by atoms with van der Waals surface area (Å²) in [6, 6.07) is 6.48. The molecule has 2 aromatic rings. The van der Waals surface area contributed by atoms with Crippen molar-refractivity contribution in [2.75, 3.05) is 26.3 Å². The molecule has 2 fully saturated rings. The third-order valence-corrected chi connectivity index (χ3v) is 8.12. The van der Waals surface area contributed by atoms with E-state index < -0.39 is 35.0 Å². The molecule has 1 aromatic carbocycles. The van der Waals surface area contributed by atoms with Crippen LogP contribution >= 0.6 is 0 Å². The number of carbonyl (C=O) groups is 3. The van der Waals surface area contributed by atoms with Crippen molar-refractivity contribution in [3.8, 4) is 0 Å².